The number of thioether (sulfide) groups is 1. The van der Waals surface area contributed by atoms with Gasteiger partial charge in [0.25, 0.3) is 11.8 Å². The van der Waals surface area contributed by atoms with Gasteiger partial charge in [-0.15, -0.1) is 0 Å². The Morgan fingerprint density at radius 3 is 2.84 bits per heavy atom. The van der Waals surface area contributed by atoms with Crippen molar-refractivity contribution in [2.24, 2.45) is 11.8 Å². The number of fused-ring (bicyclic) bond motifs is 1. The smallest absolute Gasteiger partial charge is 0.262 e. The van der Waals surface area contributed by atoms with Gasteiger partial charge < -0.3 is 15.4 Å². The summed E-state index contributed by atoms with van der Waals surface area (Å²) in [5.41, 5.74) is 2.15. The Hall–Kier alpha value is -2.73. The fraction of sp³-hybridized carbons (Fsp3) is 0.360. The third-order valence-corrected chi connectivity index (χ3v) is 7.45. The highest BCUT2D eigenvalue weighted by molar-refractivity contribution is 8.04. The van der Waals surface area contributed by atoms with Crippen LogP contribution in [-0.2, 0) is 4.79 Å². The van der Waals surface area contributed by atoms with Gasteiger partial charge in [0, 0.05) is 16.5 Å². The lowest BCUT2D eigenvalue weighted by atomic mass is 9.78. The van der Waals surface area contributed by atoms with Crippen molar-refractivity contribution in [2.45, 2.75) is 44.0 Å². The van der Waals surface area contributed by atoms with Gasteiger partial charge in [0.2, 0.25) is 0 Å². The molecule has 2 N–H and O–H groups in total. The van der Waals surface area contributed by atoms with Gasteiger partial charge >= 0.3 is 0 Å². The minimum Gasteiger partial charge on any atom is -0.497 e. The normalized spacial score (nSPS) is 24.3. The number of rotatable bonds is 4. The van der Waals surface area contributed by atoms with E-state index in [1.807, 2.05) is 42.5 Å². The van der Waals surface area contributed by atoms with E-state index in [0.717, 1.165) is 29.1 Å². The Kier molecular flexibility index (Phi) is 6.37. The second-order valence-corrected chi connectivity index (χ2v) is 9.48. The molecule has 1 fully saturated rings. The van der Waals surface area contributed by atoms with Crippen LogP contribution in [0.2, 0.25) is 0 Å². The minimum atomic E-state index is -0.174. The molecule has 31 heavy (non-hydrogen) atoms. The molecule has 2 aromatic rings. The first-order valence-corrected chi connectivity index (χ1v) is 11.6. The Morgan fingerprint density at radius 1 is 1.19 bits per heavy atom. The summed E-state index contributed by atoms with van der Waals surface area (Å²) < 4.78 is 5.25. The summed E-state index contributed by atoms with van der Waals surface area (Å²) in [5.74, 6) is 1.58. The van der Waals surface area contributed by atoms with Gasteiger partial charge in [-0.3, -0.25) is 9.59 Å². The number of nitrogens with one attached hydrogen (secondary N) is 2. The monoisotopic (exact) mass is 436 g/mol. The number of amides is 2. The van der Waals surface area contributed by atoms with Crippen molar-refractivity contribution >= 4 is 35.3 Å². The highest BCUT2D eigenvalue weighted by Crippen LogP contribution is 2.39. The van der Waals surface area contributed by atoms with Crippen LogP contribution < -0.4 is 15.4 Å². The Bertz CT molecular complexity index is 1030. The molecule has 3 unspecified atom stereocenters. The van der Waals surface area contributed by atoms with Gasteiger partial charge in [-0.2, -0.15) is 0 Å². The summed E-state index contributed by atoms with van der Waals surface area (Å²) in [6.07, 6.45) is 5.24. The molecule has 3 atom stereocenters. The second-order valence-electron chi connectivity index (χ2n) is 8.40. The van der Waals surface area contributed by atoms with Crippen LogP contribution in [0.1, 0.15) is 49.0 Å². The van der Waals surface area contributed by atoms with Crippen LogP contribution in [0.3, 0.4) is 0 Å². The Balaban J connectivity index is 1.50. The standard InChI is InChI=1S/C25H28N2O3S/c1-15-6-4-9-20(16(15)2)26-24(28)18-10-11-22-21(14-18)27-25(29)23(31-22)13-17-7-5-8-19(12-17)30-3/h5,7-8,10-16,20H,4,6,9H2,1-3H3,(H,26,28)(H,27,29). The van der Waals surface area contributed by atoms with E-state index >= 15 is 0 Å². The molecule has 5 nitrogen and oxygen atoms in total. The first-order chi connectivity index (χ1) is 14.9. The molecule has 162 valence electrons. The quantitative estimate of drug-likeness (QED) is 0.635. The molecule has 0 saturated heterocycles. The molecule has 0 bridgehead atoms. The lowest BCUT2D eigenvalue weighted by molar-refractivity contribution is -0.112. The van der Waals surface area contributed by atoms with E-state index in [1.165, 1.54) is 18.2 Å². The van der Waals surface area contributed by atoms with Crippen molar-refractivity contribution in [1.29, 1.82) is 0 Å². The fourth-order valence-corrected chi connectivity index (χ4v) is 5.15. The first-order valence-electron chi connectivity index (χ1n) is 10.7. The molecule has 2 aromatic carbocycles. The zero-order valence-electron chi connectivity index (χ0n) is 18.1. The molecule has 0 aromatic heterocycles. The number of carbonyl (C=O) groups is 2. The molecular weight excluding hydrogens is 408 g/mol. The minimum absolute atomic E-state index is 0.0780. The molecule has 0 spiro atoms. The molecule has 0 radical (unpaired) electrons. The molecular formula is C25H28N2O3S. The summed E-state index contributed by atoms with van der Waals surface area (Å²) in [4.78, 5) is 27.0. The topological polar surface area (TPSA) is 67.4 Å². The molecule has 1 aliphatic carbocycles. The van der Waals surface area contributed by atoms with Crippen molar-refractivity contribution < 1.29 is 14.3 Å². The number of benzene rings is 2. The molecule has 1 heterocycles. The van der Waals surface area contributed by atoms with E-state index in [1.54, 1.807) is 13.2 Å². The summed E-state index contributed by atoms with van der Waals surface area (Å²) in [6.45, 7) is 4.47. The average Bonchev–Trinajstić information content (AvgIpc) is 2.77. The van der Waals surface area contributed by atoms with Crippen molar-refractivity contribution in [3.8, 4) is 5.75 Å². The maximum Gasteiger partial charge on any atom is 0.262 e. The summed E-state index contributed by atoms with van der Waals surface area (Å²) in [7, 11) is 1.62. The van der Waals surface area contributed by atoms with Crippen LogP contribution in [0.15, 0.2) is 52.3 Å². The maximum atomic E-state index is 12.8. The number of ether oxygens (including phenoxy) is 1. The number of carbonyl (C=O) groups excluding carboxylic acids is 2. The Morgan fingerprint density at radius 2 is 2.03 bits per heavy atom. The van der Waals surface area contributed by atoms with E-state index in [9.17, 15) is 9.59 Å². The third kappa shape index (κ3) is 4.79. The largest absolute Gasteiger partial charge is 0.497 e. The summed E-state index contributed by atoms with van der Waals surface area (Å²) in [5, 5.41) is 6.14. The van der Waals surface area contributed by atoms with Crippen LogP contribution in [-0.4, -0.2) is 25.0 Å². The van der Waals surface area contributed by atoms with E-state index in [-0.39, 0.29) is 17.9 Å². The molecule has 1 saturated carbocycles. The molecule has 2 amide bonds. The van der Waals surface area contributed by atoms with Crippen molar-refractivity contribution in [1.82, 2.24) is 5.32 Å². The van der Waals surface area contributed by atoms with E-state index in [4.69, 9.17) is 4.74 Å². The molecule has 4 rings (SSSR count). The predicted octanol–water partition coefficient (Wildman–Crippen LogP) is 5.34. The zero-order valence-corrected chi connectivity index (χ0v) is 18.9. The number of anilines is 1. The van der Waals surface area contributed by atoms with Crippen molar-refractivity contribution in [3.63, 3.8) is 0 Å². The van der Waals surface area contributed by atoms with Crippen LogP contribution in [0, 0.1) is 11.8 Å². The van der Waals surface area contributed by atoms with E-state index in [2.05, 4.69) is 24.5 Å². The Labute approximate surface area is 187 Å². The zero-order chi connectivity index (χ0) is 22.0. The van der Waals surface area contributed by atoms with Crippen LogP contribution in [0.4, 0.5) is 5.69 Å². The van der Waals surface area contributed by atoms with Gasteiger partial charge in [0.05, 0.1) is 17.7 Å². The lowest BCUT2D eigenvalue weighted by Crippen LogP contribution is -2.43. The summed E-state index contributed by atoms with van der Waals surface area (Å²) in [6, 6.07) is 13.3. The molecule has 6 heteroatoms. The third-order valence-electron chi connectivity index (χ3n) is 6.35. The highest BCUT2D eigenvalue weighted by atomic mass is 32.2. The van der Waals surface area contributed by atoms with Crippen LogP contribution in [0.25, 0.3) is 6.08 Å². The van der Waals surface area contributed by atoms with Gasteiger partial charge in [-0.25, -0.2) is 0 Å². The number of methoxy groups -OCH3 is 1. The van der Waals surface area contributed by atoms with Crippen molar-refractivity contribution in [3.05, 3.63) is 58.5 Å². The number of hydrogen-bond donors (Lipinski definition) is 2. The van der Waals surface area contributed by atoms with Gasteiger partial charge in [-0.05, 0) is 60.2 Å². The van der Waals surface area contributed by atoms with Gasteiger partial charge in [-0.1, -0.05) is 50.6 Å². The second kappa shape index (κ2) is 9.18. The van der Waals surface area contributed by atoms with Gasteiger partial charge in [0.15, 0.2) is 0 Å². The average molecular weight is 437 g/mol. The molecule has 1 aliphatic heterocycles. The molecule has 2 aliphatic rings. The van der Waals surface area contributed by atoms with E-state index < -0.39 is 0 Å². The van der Waals surface area contributed by atoms with E-state index in [0.29, 0.717) is 28.0 Å². The SMILES string of the molecule is COc1cccc(C=C2Sc3ccc(C(=O)NC4CCCC(C)C4C)cc3NC2=O)c1. The first kappa shape index (κ1) is 21.5. The lowest BCUT2D eigenvalue weighted by Gasteiger charge is -2.34. The predicted molar refractivity (Wildman–Crippen MR) is 125 cm³/mol. The van der Waals surface area contributed by atoms with Crippen LogP contribution in [0.5, 0.6) is 5.75 Å². The van der Waals surface area contributed by atoms with Crippen LogP contribution >= 0.6 is 11.8 Å². The van der Waals surface area contributed by atoms with Crippen molar-refractivity contribution in [2.75, 3.05) is 12.4 Å². The number of hydrogen-bond acceptors (Lipinski definition) is 4. The summed E-state index contributed by atoms with van der Waals surface area (Å²) >= 11 is 1.41. The van der Waals surface area contributed by atoms with Gasteiger partial charge in [0.1, 0.15) is 5.75 Å². The maximum absolute atomic E-state index is 12.8. The highest BCUT2D eigenvalue weighted by Gasteiger charge is 2.29. The fourth-order valence-electron chi connectivity index (χ4n) is 4.22.